The quantitative estimate of drug-likeness (QED) is 0.297. The second-order valence-corrected chi connectivity index (χ2v) is 10.8. The topological polar surface area (TPSA) is 65.1 Å². The van der Waals surface area contributed by atoms with Crippen LogP contribution in [0.25, 0.3) is 6.08 Å². The number of benzene rings is 3. The van der Waals surface area contributed by atoms with Gasteiger partial charge in [0.15, 0.2) is 0 Å². The number of carbonyl (C=O) groups is 2. The third kappa shape index (κ3) is 9.17. The van der Waals surface area contributed by atoms with E-state index >= 15 is 0 Å². The van der Waals surface area contributed by atoms with Gasteiger partial charge in [0, 0.05) is 58.0 Å². The number of morpholine rings is 1. The summed E-state index contributed by atoms with van der Waals surface area (Å²) in [5.41, 5.74) is 2.49. The summed E-state index contributed by atoms with van der Waals surface area (Å²) in [6.45, 7) is 4.14. The SMILES string of the molecule is CNCCN(C)C(=O)[C@H](Cc1ccccc1)N(Cc1ccc(N2CCOCC2)cc1)C(=O)C=Cc1ccc(C(F)(F)F)cc1. The minimum atomic E-state index is -4.45. The average molecular weight is 609 g/mol. The zero-order chi connectivity index (χ0) is 31.5. The number of nitrogens with one attached hydrogen (secondary N) is 1. The number of hydrogen-bond acceptors (Lipinski definition) is 5. The Hall–Kier alpha value is -4.15. The fourth-order valence-electron chi connectivity index (χ4n) is 5.03. The van der Waals surface area contributed by atoms with Gasteiger partial charge in [-0.2, -0.15) is 13.2 Å². The Balaban J connectivity index is 1.65. The van der Waals surface area contributed by atoms with E-state index in [1.807, 2.05) is 61.6 Å². The summed E-state index contributed by atoms with van der Waals surface area (Å²) in [5.74, 6) is -0.622. The molecule has 1 fully saturated rings. The average Bonchev–Trinajstić information content (AvgIpc) is 3.04. The second-order valence-electron chi connectivity index (χ2n) is 10.8. The van der Waals surface area contributed by atoms with Crippen LogP contribution in [0.5, 0.6) is 0 Å². The summed E-state index contributed by atoms with van der Waals surface area (Å²) in [6, 6.07) is 21.2. The summed E-state index contributed by atoms with van der Waals surface area (Å²) in [5, 5.41) is 3.05. The van der Waals surface area contributed by atoms with Crippen LogP contribution in [0.1, 0.15) is 22.3 Å². The van der Waals surface area contributed by atoms with Crippen molar-refractivity contribution in [3.05, 3.63) is 107 Å². The zero-order valence-corrected chi connectivity index (χ0v) is 25.1. The van der Waals surface area contributed by atoms with Gasteiger partial charge in [-0.15, -0.1) is 0 Å². The number of carbonyl (C=O) groups excluding carboxylic acids is 2. The Kier molecular flexibility index (Phi) is 11.6. The highest BCUT2D eigenvalue weighted by Gasteiger charge is 2.32. The van der Waals surface area contributed by atoms with Crippen LogP contribution in [0.4, 0.5) is 18.9 Å². The first-order valence-corrected chi connectivity index (χ1v) is 14.7. The van der Waals surface area contributed by atoms with E-state index in [4.69, 9.17) is 4.74 Å². The molecule has 44 heavy (non-hydrogen) atoms. The molecule has 4 rings (SSSR count). The first kappa shape index (κ1) is 32.8. The van der Waals surface area contributed by atoms with Crippen LogP contribution in [-0.2, 0) is 33.5 Å². The number of rotatable bonds is 12. The number of hydrogen-bond donors (Lipinski definition) is 1. The van der Waals surface area contributed by atoms with Gasteiger partial charge in [0.25, 0.3) is 0 Å². The highest BCUT2D eigenvalue weighted by Crippen LogP contribution is 2.29. The molecule has 1 aliphatic heterocycles. The highest BCUT2D eigenvalue weighted by molar-refractivity contribution is 5.95. The lowest BCUT2D eigenvalue weighted by atomic mass is 10.0. The molecule has 1 heterocycles. The molecule has 3 aromatic carbocycles. The predicted molar refractivity (Wildman–Crippen MR) is 166 cm³/mol. The van der Waals surface area contributed by atoms with Gasteiger partial charge < -0.3 is 24.8 Å². The lowest BCUT2D eigenvalue weighted by Gasteiger charge is -2.34. The van der Waals surface area contributed by atoms with Crippen molar-refractivity contribution in [2.75, 3.05) is 58.4 Å². The Morgan fingerprint density at radius 3 is 2.23 bits per heavy atom. The maximum atomic E-state index is 13.9. The van der Waals surface area contributed by atoms with Crippen LogP contribution < -0.4 is 10.2 Å². The van der Waals surface area contributed by atoms with Crippen LogP contribution in [0.3, 0.4) is 0 Å². The van der Waals surface area contributed by atoms with Gasteiger partial charge in [-0.1, -0.05) is 54.6 Å². The first-order chi connectivity index (χ1) is 21.2. The molecule has 10 heteroatoms. The van der Waals surface area contributed by atoms with Gasteiger partial charge in [0.05, 0.1) is 18.8 Å². The molecule has 2 amide bonds. The largest absolute Gasteiger partial charge is 0.416 e. The van der Waals surface area contributed by atoms with Crippen molar-refractivity contribution < 1.29 is 27.5 Å². The van der Waals surface area contributed by atoms with E-state index in [1.54, 1.807) is 16.8 Å². The van der Waals surface area contributed by atoms with Crippen molar-refractivity contribution in [2.24, 2.45) is 0 Å². The van der Waals surface area contributed by atoms with E-state index in [2.05, 4.69) is 10.2 Å². The van der Waals surface area contributed by atoms with Gasteiger partial charge in [0.1, 0.15) is 6.04 Å². The number of anilines is 1. The fourth-order valence-corrected chi connectivity index (χ4v) is 5.03. The fraction of sp³-hybridized carbons (Fsp3) is 0.353. The number of ether oxygens (including phenoxy) is 1. The molecule has 0 saturated carbocycles. The molecule has 0 aliphatic carbocycles. The highest BCUT2D eigenvalue weighted by atomic mass is 19.4. The molecule has 0 unspecified atom stereocenters. The molecule has 1 aliphatic rings. The third-order valence-corrected chi connectivity index (χ3v) is 7.61. The Bertz CT molecular complexity index is 1370. The lowest BCUT2D eigenvalue weighted by molar-refractivity contribution is -0.143. The molecule has 1 N–H and O–H groups in total. The third-order valence-electron chi connectivity index (χ3n) is 7.61. The van der Waals surface area contributed by atoms with Crippen molar-refractivity contribution in [1.29, 1.82) is 0 Å². The van der Waals surface area contributed by atoms with Crippen LogP contribution in [0, 0.1) is 0 Å². The van der Waals surface area contributed by atoms with E-state index in [0.29, 0.717) is 38.3 Å². The minimum absolute atomic E-state index is 0.169. The summed E-state index contributed by atoms with van der Waals surface area (Å²) >= 11 is 0. The van der Waals surface area contributed by atoms with E-state index in [1.165, 1.54) is 24.3 Å². The van der Waals surface area contributed by atoms with Crippen molar-refractivity contribution in [1.82, 2.24) is 15.1 Å². The molecule has 234 valence electrons. The number of nitrogens with zero attached hydrogens (tertiary/aromatic N) is 3. The zero-order valence-electron chi connectivity index (χ0n) is 25.1. The number of alkyl halides is 3. The van der Waals surface area contributed by atoms with Crippen molar-refractivity contribution >= 4 is 23.6 Å². The molecular weight excluding hydrogens is 569 g/mol. The Morgan fingerprint density at radius 1 is 0.955 bits per heavy atom. The van der Waals surface area contributed by atoms with Crippen LogP contribution in [0.15, 0.2) is 84.9 Å². The van der Waals surface area contributed by atoms with E-state index < -0.39 is 23.7 Å². The maximum absolute atomic E-state index is 13.9. The lowest BCUT2D eigenvalue weighted by Crippen LogP contribution is -2.51. The Labute approximate surface area is 256 Å². The normalized spacial score (nSPS) is 14.4. The van der Waals surface area contributed by atoms with E-state index in [-0.39, 0.29) is 12.5 Å². The molecule has 0 aromatic heterocycles. The Morgan fingerprint density at radius 2 is 1.61 bits per heavy atom. The van der Waals surface area contributed by atoms with Crippen molar-refractivity contribution in [2.45, 2.75) is 25.2 Å². The minimum Gasteiger partial charge on any atom is -0.378 e. The van der Waals surface area contributed by atoms with Gasteiger partial charge in [-0.3, -0.25) is 9.59 Å². The smallest absolute Gasteiger partial charge is 0.378 e. The standard InChI is InChI=1S/C34H39F3N4O3/c1-38-18-19-39(2)33(43)31(24-27-6-4-3-5-7-27)41(25-28-10-15-30(16-11-28)40-20-22-44-23-21-40)32(42)17-12-26-8-13-29(14-9-26)34(35,36)37/h3-17,31,38H,18-25H2,1-2H3/t31-/m0/s1. The van der Waals surface area contributed by atoms with Gasteiger partial charge >= 0.3 is 6.18 Å². The molecule has 0 bridgehead atoms. The molecule has 3 aromatic rings. The molecule has 1 saturated heterocycles. The maximum Gasteiger partial charge on any atom is 0.416 e. The molecule has 0 spiro atoms. The number of halogens is 3. The van der Waals surface area contributed by atoms with Crippen LogP contribution >= 0.6 is 0 Å². The van der Waals surface area contributed by atoms with Crippen molar-refractivity contribution in [3.8, 4) is 0 Å². The van der Waals surface area contributed by atoms with Crippen LogP contribution in [0.2, 0.25) is 0 Å². The first-order valence-electron chi connectivity index (χ1n) is 14.7. The summed E-state index contributed by atoms with van der Waals surface area (Å²) in [7, 11) is 3.53. The van der Waals surface area contributed by atoms with Crippen molar-refractivity contribution in [3.63, 3.8) is 0 Å². The summed E-state index contributed by atoms with van der Waals surface area (Å²) < 4.78 is 44.6. The molecular formula is C34H39F3N4O3. The van der Waals surface area contributed by atoms with Gasteiger partial charge in [-0.05, 0) is 54.1 Å². The predicted octanol–water partition coefficient (Wildman–Crippen LogP) is 4.87. The van der Waals surface area contributed by atoms with E-state index in [9.17, 15) is 22.8 Å². The van der Waals surface area contributed by atoms with Gasteiger partial charge in [0.2, 0.25) is 11.8 Å². The number of likely N-dealkylation sites (N-methyl/N-ethyl adjacent to an activating group) is 2. The number of amides is 2. The summed E-state index contributed by atoms with van der Waals surface area (Å²) in [6.07, 6.45) is -1.35. The second kappa shape index (κ2) is 15.5. The van der Waals surface area contributed by atoms with E-state index in [0.717, 1.165) is 42.0 Å². The molecule has 1 atom stereocenters. The summed E-state index contributed by atoms with van der Waals surface area (Å²) in [4.78, 5) is 33.2. The molecule has 0 radical (unpaired) electrons. The van der Waals surface area contributed by atoms with Gasteiger partial charge in [-0.25, -0.2) is 0 Å². The molecule has 7 nitrogen and oxygen atoms in total. The monoisotopic (exact) mass is 608 g/mol. The van der Waals surface area contributed by atoms with Crippen LogP contribution in [-0.4, -0.2) is 81.1 Å².